The second-order valence-electron chi connectivity index (χ2n) is 5.41. The van der Waals surface area contributed by atoms with E-state index in [4.69, 9.17) is 4.74 Å². The molecule has 0 aliphatic heterocycles. The highest BCUT2D eigenvalue weighted by Gasteiger charge is 2.04. The number of carbonyl (C=O) groups is 1. The van der Waals surface area contributed by atoms with E-state index in [1.54, 1.807) is 0 Å². The van der Waals surface area contributed by atoms with Crippen LogP contribution in [0.2, 0.25) is 0 Å². The molecule has 4 nitrogen and oxygen atoms in total. The van der Waals surface area contributed by atoms with E-state index < -0.39 is 0 Å². The van der Waals surface area contributed by atoms with Crippen molar-refractivity contribution >= 4 is 17.3 Å². The second-order valence-corrected chi connectivity index (χ2v) is 5.41. The lowest BCUT2D eigenvalue weighted by atomic mass is 10.2. The van der Waals surface area contributed by atoms with Gasteiger partial charge in [-0.2, -0.15) is 0 Å². The van der Waals surface area contributed by atoms with Gasteiger partial charge in [-0.15, -0.1) is 0 Å². The zero-order valence-electron chi connectivity index (χ0n) is 13.3. The van der Waals surface area contributed by atoms with Gasteiger partial charge >= 0.3 is 0 Å². The maximum atomic E-state index is 11.9. The zero-order valence-corrected chi connectivity index (χ0v) is 13.3. The molecule has 0 spiro atoms. The van der Waals surface area contributed by atoms with Crippen LogP contribution < -0.4 is 15.0 Å². The molecule has 116 valence electrons. The molecule has 0 saturated heterocycles. The zero-order chi connectivity index (χ0) is 15.9. The first-order chi connectivity index (χ1) is 10.5. The monoisotopic (exact) mass is 298 g/mol. The molecule has 0 aliphatic carbocycles. The number of hydrogen-bond acceptors (Lipinski definition) is 3. The van der Waals surface area contributed by atoms with Crippen molar-refractivity contribution in [1.29, 1.82) is 0 Å². The number of ether oxygens (including phenoxy) is 1. The summed E-state index contributed by atoms with van der Waals surface area (Å²) >= 11 is 0. The Kier molecular flexibility index (Phi) is 5.42. The van der Waals surface area contributed by atoms with Crippen molar-refractivity contribution in [2.45, 2.75) is 13.3 Å². The summed E-state index contributed by atoms with van der Waals surface area (Å²) in [6.07, 6.45) is 0.320. The number of amides is 1. The standard InChI is InChI=1S/C18H22N2O2/c1-14-6-4-9-17(12-14)22-11-10-18(21)19-15-7-5-8-16(13-15)20(2)3/h4-9,12-13H,10-11H2,1-3H3,(H,19,21). The Hall–Kier alpha value is -2.49. The fourth-order valence-electron chi connectivity index (χ4n) is 2.05. The lowest BCUT2D eigenvalue weighted by Gasteiger charge is -2.14. The van der Waals surface area contributed by atoms with Crippen LogP contribution in [0.1, 0.15) is 12.0 Å². The normalized spacial score (nSPS) is 10.1. The van der Waals surface area contributed by atoms with E-state index in [-0.39, 0.29) is 5.91 Å². The fraction of sp³-hybridized carbons (Fsp3) is 0.278. The smallest absolute Gasteiger partial charge is 0.227 e. The molecule has 0 saturated carbocycles. The van der Waals surface area contributed by atoms with Gasteiger partial charge in [-0.3, -0.25) is 4.79 Å². The number of rotatable bonds is 6. The van der Waals surface area contributed by atoms with Crippen molar-refractivity contribution in [3.8, 4) is 5.75 Å². The SMILES string of the molecule is Cc1cccc(OCCC(=O)Nc2cccc(N(C)C)c2)c1. The number of nitrogens with one attached hydrogen (secondary N) is 1. The Morgan fingerprint density at radius 2 is 1.91 bits per heavy atom. The third-order valence-electron chi connectivity index (χ3n) is 3.23. The predicted octanol–water partition coefficient (Wildman–Crippen LogP) is 3.47. The first-order valence-corrected chi connectivity index (χ1v) is 7.31. The minimum atomic E-state index is -0.0523. The van der Waals surface area contributed by atoms with Crippen molar-refractivity contribution in [2.24, 2.45) is 0 Å². The molecule has 0 atom stereocenters. The summed E-state index contributed by atoms with van der Waals surface area (Å²) in [5, 5.41) is 2.89. The highest BCUT2D eigenvalue weighted by Crippen LogP contribution is 2.17. The molecule has 0 bridgehead atoms. The summed E-state index contributed by atoms with van der Waals surface area (Å²) in [6.45, 7) is 2.37. The highest BCUT2D eigenvalue weighted by molar-refractivity contribution is 5.91. The molecule has 1 amide bonds. The molecule has 0 heterocycles. The molecule has 2 aromatic rings. The first kappa shape index (κ1) is 15.9. The Morgan fingerprint density at radius 1 is 1.14 bits per heavy atom. The van der Waals surface area contributed by atoms with Crippen LogP contribution in [-0.2, 0) is 4.79 Å². The topological polar surface area (TPSA) is 41.6 Å². The molecular weight excluding hydrogens is 276 g/mol. The quantitative estimate of drug-likeness (QED) is 0.888. The van der Waals surface area contributed by atoms with Crippen LogP contribution in [0, 0.1) is 6.92 Å². The summed E-state index contributed by atoms with van der Waals surface area (Å²) in [4.78, 5) is 13.9. The molecule has 0 unspecified atom stereocenters. The molecule has 2 rings (SSSR count). The third kappa shape index (κ3) is 4.81. The summed E-state index contributed by atoms with van der Waals surface area (Å²) < 4.78 is 5.59. The Labute approximate surface area is 131 Å². The average Bonchev–Trinajstić information content (AvgIpc) is 2.47. The Balaban J connectivity index is 1.82. The van der Waals surface area contributed by atoms with E-state index in [0.717, 1.165) is 22.7 Å². The van der Waals surface area contributed by atoms with E-state index in [1.165, 1.54) is 0 Å². The molecule has 0 aliphatic rings. The Bertz CT molecular complexity index is 638. The van der Waals surface area contributed by atoms with E-state index in [9.17, 15) is 4.79 Å². The van der Waals surface area contributed by atoms with Gasteiger partial charge in [-0.05, 0) is 42.8 Å². The summed E-state index contributed by atoms with van der Waals surface area (Å²) in [5.74, 6) is 0.742. The van der Waals surface area contributed by atoms with Crippen LogP contribution >= 0.6 is 0 Å². The molecule has 0 fully saturated rings. The van der Waals surface area contributed by atoms with E-state index in [0.29, 0.717) is 13.0 Å². The van der Waals surface area contributed by atoms with E-state index in [2.05, 4.69) is 5.32 Å². The minimum Gasteiger partial charge on any atom is -0.493 e. The fourth-order valence-corrected chi connectivity index (χ4v) is 2.05. The molecular formula is C18H22N2O2. The lowest BCUT2D eigenvalue weighted by Crippen LogP contribution is -2.16. The van der Waals surface area contributed by atoms with Crippen LogP contribution in [-0.4, -0.2) is 26.6 Å². The number of anilines is 2. The van der Waals surface area contributed by atoms with Gasteiger partial charge in [0.2, 0.25) is 5.91 Å². The summed E-state index contributed by atoms with van der Waals surface area (Å²) in [7, 11) is 3.94. The summed E-state index contributed by atoms with van der Waals surface area (Å²) in [6, 6.07) is 15.6. The van der Waals surface area contributed by atoms with E-state index in [1.807, 2.05) is 74.4 Å². The van der Waals surface area contributed by atoms with Crippen LogP contribution in [0.25, 0.3) is 0 Å². The number of hydrogen-bond donors (Lipinski definition) is 1. The van der Waals surface area contributed by atoms with Gasteiger partial charge in [-0.25, -0.2) is 0 Å². The molecule has 0 aromatic heterocycles. The van der Waals surface area contributed by atoms with Crippen molar-refractivity contribution in [2.75, 3.05) is 30.9 Å². The van der Waals surface area contributed by atoms with Crippen LogP contribution in [0.3, 0.4) is 0 Å². The number of aryl methyl sites for hydroxylation is 1. The van der Waals surface area contributed by atoms with Gasteiger partial charge in [0.15, 0.2) is 0 Å². The molecule has 4 heteroatoms. The minimum absolute atomic E-state index is 0.0523. The van der Waals surface area contributed by atoms with Gasteiger partial charge < -0.3 is 15.0 Å². The highest BCUT2D eigenvalue weighted by atomic mass is 16.5. The van der Waals surface area contributed by atoms with Crippen LogP contribution in [0.15, 0.2) is 48.5 Å². The van der Waals surface area contributed by atoms with Gasteiger partial charge in [0.25, 0.3) is 0 Å². The molecule has 0 radical (unpaired) electrons. The third-order valence-corrected chi connectivity index (χ3v) is 3.23. The maximum absolute atomic E-state index is 11.9. The lowest BCUT2D eigenvalue weighted by molar-refractivity contribution is -0.116. The van der Waals surface area contributed by atoms with Gasteiger partial charge in [0.05, 0.1) is 13.0 Å². The van der Waals surface area contributed by atoms with Gasteiger partial charge in [0, 0.05) is 25.5 Å². The van der Waals surface area contributed by atoms with Crippen LogP contribution in [0.4, 0.5) is 11.4 Å². The summed E-state index contributed by atoms with van der Waals surface area (Å²) in [5.41, 5.74) is 2.99. The average molecular weight is 298 g/mol. The first-order valence-electron chi connectivity index (χ1n) is 7.31. The number of benzene rings is 2. The largest absolute Gasteiger partial charge is 0.493 e. The van der Waals surface area contributed by atoms with E-state index >= 15 is 0 Å². The maximum Gasteiger partial charge on any atom is 0.227 e. The van der Waals surface area contributed by atoms with Crippen molar-refractivity contribution in [3.63, 3.8) is 0 Å². The van der Waals surface area contributed by atoms with Crippen molar-refractivity contribution in [3.05, 3.63) is 54.1 Å². The number of carbonyl (C=O) groups excluding carboxylic acids is 1. The molecule has 2 aromatic carbocycles. The van der Waals surface area contributed by atoms with Crippen LogP contribution in [0.5, 0.6) is 5.75 Å². The molecule has 1 N–H and O–H groups in total. The second kappa shape index (κ2) is 7.50. The van der Waals surface area contributed by atoms with Gasteiger partial charge in [0.1, 0.15) is 5.75 Å². The van der Waals surface area contributed by atoms with Crippen molar-refractivity contribution in [1.82, 2.24) is 0 Å². The molecule has 22 heavy (non-hydrogen) atoms. The predicted molar refractivity (Wildman–Crippen MR) is 90.7 cm³/mol. The van der Waals surface area contributed by atoms with Crippen molar-refractivity contribution < 1.29 is 9.53 Å². The van der Waals surface area contributed by atoms with Gasteiger partial charge in [-0.1, -0.05) is 18.2 Å². The number of nitrogens with zero attached hydrogens (tertiary/aromatic N) is 1. The Morgan fingerprint density at radius 3 is 2.64 bits per heavy atom.